The Morgan fingerprint density at radius 2 is 1.75 bits per heavy atom. The van der Waals surface area contributed by atoms with E-state index in [0.717, 1.165) is 11.1 Å². The maximum absolute atomic E-state index is 12.5. The van der Waals surface area contributed by atoms with E-state index in [9.17, 15) is 14.7 Å². The van der Waals surface area contributed by atoms with Crippen LogP contribution in [0.3, 0.4) is 0 Å². The van der Waals surface area contributed by atoms with Crippen LogP contribution in [0, 0.1) is 0 Å². The maximum atomic E-state index is 12.5. The molecule has 3 rings (SSSR count). The number of aromatic hydroxyl groups is 1. The van der Waals surface area contributed by atoms with E-state index in [-0.39, 0.29) is 24.1 Å². The first-order valence-electron chi connectivity index (χ1n) is 9.00. The normalized spacial score (nSPS) is 13.9. The summed E-state index contributed by atoms with van der Waals surface area (Å²) in [5.41, 5.74) is 2.13. The maximum Gasteiger partial charge on any atom is 0.246 e. The van der Waals surface area contributed by atoms with Gasteiger partial charge >= 0.3 is 0 Å². The van der Waals surface area contributed by atoms with E-state index in [1.807, 2.05) is 30.3 Å². The van der Waals surface area contributed by atoms with Crippen molar-refractivity contribution in [3.8, 4) is 16.9 Å². The lowest BCUT2D eigenvalue weighted by Gasteiger charge is -2.34. The van der Waals surface area contributed by atoms with Gasteiger partial charge in [0.05, 0.1) is 17.3 Å². The second kappa shape index (κ2) is 8.80. The average molecular weight is 400 g/mol. The number of rotatable bonds is 5. The van der Waals surface area contributed by atoms with Gasteiger partial charge in [-0.05, 0) is 17.7 Å². The summed E-state index contributed by atoms with van der Waals surface area (Å²) in [6.45, 7) is 5.44. The monoisotopic (exact) mass is 399 g/mol. The number of phenolic OH excluding ortho intramolecular Hbond substituents is 1. The minimum atomic E-state index is -0.121. The zero-order chi connectivity index (χ0) is 20.1. The molecule has 0 saturated carbocycles. The number of piperazine rings is 1. The highest BCUT2D eigenvalue weighted by Gasteiger charge is 2.23. The molecule has 1 saturated heterocycles. The lowest BCUT2D eigenvalue weighted by molar-refractivity contribution is -0.135. The van der Waals surface area contributed by atoms with E-state index in [1.165, 1.54) is 12.1 Å². The van der Waals surface area contributed by atoms with Crippen LogP contribution in [-0.2, 0) is 9.59 Å². The Morgan fingerprint density at radius 3 is 2.39 bits per heavy atom. The fourth-order valence-electron chi connectivity index (χ4n) is 3.13. The van der Waals surface area contributed by atoms with E-state index in [2.05, 4.69) is 11.9 Å². The fraction of sp³-hybridized carbons (Fsp3) is 0.238. The molecule has 0 aromatic heterocycles. The molecule has 2 aromatic rings. The first kappa shape index (κ1) is 19.8. The molecule has 1 aliphatic heterocycles. The Labute approximate surface area is 169 Å². The molecule has 0 radical (unpaired) electrons. The number of anilines is 1. The lowest BCUT2D eigenvalue weighted by atomic mass is 10.0. The van der Waals surface area contributed by atoms with Gasteiger partial charge in [0.2, 0.25) is 11.8 Å². The number of carbonyl (C=O) groups excluding carboxylic acids is 2. The van der Waals surface area contributed by atoms with Crippen LogP contribution in [0.25, 0.3) is 11.1 Å². The van der Waals surface area contributed by atoms with Crippen molar-refractivity contribution in [2.75, 3.05) is 38.0 Å². The van der Waals surface area contributed by atoms with Crippen LogP contribution in [-0.4, -0.2) is 59.4 Å². The van der Waals surface area contributed by atoms with Crippen LogP contribution < -0.4 is 5.32 Å². The zero-order valence-electron chi connectivity index (χ0n) is 15.4. The molecule has 0 atom stereocenters. The van der Waals surface area contributed by atoms with Crippen molar-refractivity contribution >= 4 is 29.1 Å². The van der Waals surface area contributed by atoms with Crippen molar-refractivity contribution in [2.24, 2.45) is 0 Å². The van der Waals surface area contributed by atoms with E-state index < -0.39 is 0 Å². The standard InChI is InChI=1S/C21H22ClN3O3/c1-2-20(27)24-8-10-25(11-9-24)21(28)14-23-18-12-16(17(22)13-19(18)26)15-6-4-3-5-7-15/h2-7,12-13,23,26H,1,8-11,14H2. The minimum Gasteiger partial charge on any atom is -0.506 e. The molecular formula is C21H22ClN3O3. The average Bonchev–Trinajstić information content (AvgIpc) is 2.73. The number of hydrogen-bond donors (Lipinski definition) is 2. The van der Waals surface area contributed by atoms with Gasteiger partial charge < -0.3 is 20.2 Å². The van der Waals surface area contributed by atoms with Gasteiger partial charge in [0.15, 0.2) is 0 Å². The van der Waals surface area contributed by atoms with Gasteiger partial charge in [0, 0.05) is 37.8 Å². The Balaban J connectivity index is 1.64. The highest BCUT2D eigenvalue weighted by atomic mass is 35.5. The molecule has 1 fully saturated rings. The first-order valence-corrected chi connectivity index (χ1v) is 9.38. The van der Waals surface area contributed by atoms with Gasteiger partial charge in [0.1, 0.15) is 5.75 Å². The molecule has 0 unspecified atom stereocenters. The summed E-state index contributed by atoms with van der Waals surface area (Å²) in [7, 11) is 0. The van der Waals surface area contributed by atoms with E-state index in [1.54, 1.807) is 15.9 Å². The molecule has 2 aromatic carbocycles. The third-order valence-electron chi connectivity index (χ3n) is 4.72. The minimum absolute atomic E-state index is 0.0149. The summed E-state index contributed by atoms with van der Waals surface area (Å²) < 4.78 is 0. The van der Waals surface area contributed by atoms with Gasteiger partial charge in [-0.25, -0.2) is 0 Å². The van der Waals surface area contributed by atoms with E-state index in [4.69, 9.17) is 11.6 Å². The van der Waals surface area contributed by atoms with Crippen molar-refractivity contribution in [3.63, 3.8) is 0 Å². The SMILES string of the molecule is C=CC(=O)N1CCN(C(=O)CNc2cc(-c3ccccc3)c(Cl)cc2O)CC1. The Hall–Kier alpha value is -2.99. The Morgan fingerprint density at radius 1 is 1.11 bits per heavy atom. The first-order chi connectivity index (χ1) is 13.5. The lowest BCUT2D eigenvalue weighted by Crippen LogP contribution is -2.51. The largest absolute Gasteiger partial charge is 0.506 e. The molecule has 2 amide bonds. The Bertz CT molecular complexity index is 878. The van der Waals surface area contributed by atoms with Crippen LogP contribution in [0.4, 0.5) is 5.69 Å². The molecule has 6 nitrogen and oxygen atoms in total. The molecule has 0 aliphatic carbocycles. The predicted molar refractivity (Wildman–Crippen MR) is 110 cm³/mol. The van der Waals surface area contributed by atoms with Crippen LogP contribution in [0.1, 0.15) is 0 Å². The van der Waals surface area contributed by atoms with Crippen molar-refractivity contribution in [1.29, 1.82) is 0 Å². The molecule has 28 heavy (non-hydrogen) atoms. The number of halogens is 1. The van der Waals surface area contributed by atoms with Crippen molar-refractivity contribution < 1.29 is 14.7 Å². The van der Waals surface area contributed by atoms with Crippen molar-refractivity contribution in [3.05, 3.63) is 60.1 Å². The van der Waals surface area contributed by atoms with Gasteiger partial charge in [-0.1, -0.05) is 48.5 Å². The third-order valence-corrected chi connectivity index (χ3v) is 5.03. The second-order valence-electron chi connectivity index (χ2n) is 6.48. The predicted octanol–water partition coefficient (Wildman–Crippen LogP) is 2.98. The van der Waals surface area contributed by atoms with E-state index in [0.29, 0.717) is 36.9 Å². The van der Waals surface area contributed by atoms with Crippen LogP contribution in [0.15, 0.2) is 55.1 Å². The van der Waals surface area contributed by atoms with Crippen molar-refractivity contribution in [1.82, 2.24) is 9.80 Å². The number of carbonyl (C=O) groups is 2. The van der Waals surface area contributed by atoms with Gasteiger partial charge in [0.25, 0.3) is 0 Å². The third kappa shape index (κ3) is 4.46. The number of nitrogens with one attached hydrogen (secondary N) is 1. The summed E-state index contributed by atoms with van der Waals surface area (Å²) in [6, 6.07) is 12.8. The van der Waals surface area contributed by atoms with Gasteiger partial charge in [-0.3, -0.25) is 9.59 Å². The number of nitrogens with zero attached hydrogens (tertiary/aromatic N) is 2. The molecule has 2 N–H and O–H groups in total. The molecule has 1 heterocycles. The van der Waals surface area contributed by atoms with Crippen molar-refractivity contribution in [2.45, 2.75) is 0 Å². The summed E-state index contributed by atoms with van der Waals surface area (Å²) in [4.78, 5) is 27.5. The highest BCUT2D eigenvalue weighted by Crippen LogP contribution is 2.36. The summed E-state index contributed by atoms with van der Waals surface area (Å²) in [5, 5.41) is 13.6. The molecular weight excluding hydrogens is 378 g/mol. The fourth-order valence-corrected chi connectivity index (χ4v) is 3.40. The van der Waals surface area contributed by atoms with Crippen LogP contribution in [0.5, 0.6) is 5.75 Å². The van der Waals surface area contributed by atoms with Gasteiger partial charge in [-0.15, -0.1) is 0 Å². The summed E-state index contributed by atoms with van der Waals surface area (Å²) in [6.07, 6.45) is 1.28. The number of benzene rings is 2. The molecule has 7 heteroatoms. The Kier molecular flexibility index (Phi) is 6.21. The molecule has 1 aliphatic rings. The van der Waals surface area contributed by atoms with Crippen LogP contribution >= 0.6 is 11.6 Å². The smallest absolute Gasteiger partial charge is 0.246 e. The molecule has 0 spiro atoms. The highest BCUT2D eigenvalue weighted by molar-refractivity contribution is 6.33. The number of amides is 2. The van der Waals surface area contributed by atoms with E-state index >= 15 is 0 Å². The second-order valence-corrected chi connectivity index (χ2v) is 6.89. The number of phenols is 1. The zero-order valence-corrected chi connectivity index (χ0v) is 16.2. The number of hydrogen-bond acceptors (Lipinski definition) is 4. The van der Waals surface area contributed by atoms with Crippen LogP contribution in [0.2, 0.25) is 5.02 Å². The quantitative estimate of drug-likeness (QED) is 0.599. The topological polar surface area (TPSA) is 72.9 Å². The molecule has 0 bridgehead atoms. The molecule has 146 valence electrons. The summed E-state index contributed by atoms with van der Waals surface area (Å²) >= 11 is 6.27. The summed E-state index contributed by atoms with van der Waals surface area (Å²) in [5.74, 6) is -0.232. The van der Waals surface area contributed by atoms with Gasteiger partial charge in [-0.2, -0.15) is 0 Å².